The van der Waals surface area contributed by atoms with Crippen LogP contribution in [0, 0.1) is 0 Å². The molecule has 4 nitrogen and oxygen atoms in total. The highest BCUT2D eigenvalue weighted by Gasteiger charge is 2.29. The van der Waals surface area contributed by atoms with E-state index in [0.717, 1.165) is 24.3 Å². The van der Waals surface area contributed by atoms with E-state index in [9.17, 15) is 8.42 Å². The SMILES string of the molecule is CCNCc1sccc1S(=O)(=O)NC1CC1. The maximum absolute atomic E-state index is 12.0. The van der Waals surface area contributed by atoms with Gasteiger partial charge in [0, 0.05) is 17.5 Å². The highest BCUT2D eigenvalue weighted by atomic mass is 32.2. The summed E-state index contributed by atoms with van der Waals surface area (Å²) in [6, 6.07) is 1.85. The molecular weight excluding hydrogens is 244 g/mol. The summed E-state index contributed by atoms with van der Waals surface area (Å²) >= 11 is 1.48. The molecule has 0 spiro atoms. The van der Waals surface area contributed by atoms with E-state index in [-0.39, 0.29) is 6.04 Å². The molecule has 0 amide bonds. The second-order valence-electron chi connectivity index (χ2n) is 3.88. The Morgan fingerprint density at radius 1 is 1.50 bits per heavy atom. The molecule has 90 valence electrons. The largest absolute Gasteiger partial charge is 0.312 e. The lowest BCUT2D eigenvalue weighted by molar-refractivity contribution is 0.579. The van der Waals surface area contributed by atoms with Gasteiger partial charge in [0.05, 0.1) is 4.90 Å². The third kappa shape index (κ3) is 2.82. The Bertz CT molecular complexity index is 449. The maximum Gasteiger partial charge on any atom is 0.241 e. The van der Waals surface area contributed by atoms with Gasteiger partial charge in [0.15, 0.2) is 0 Å². The molecule has 1 aromatic rings. The van der Waals surface area contributed by atoms with E-state index in [1.807, 2.05) is 12.3 Å². The number of rotatable bonds is 6. The van der Waals surface area contributed by atoms with E-state index >= 15 is 0 Å². The summed E-state index contributed by atoms with van der Waals surface area (Å²) in [5.74, 6) is 0. The molecule has 0 radical (unpaired) electrons. The molecule has 0 unspecified atom stereocenters. The fourth-order valence-corrected chi connectivity index (χ4v) is 4.14. The van der Waals surface area contributed by atoms with Gasteiger partial charge in [-0.2, -0.15) is 0 Å². The molecular formula is C10H16N2O2S2. The van der Waals surface area contributed by atoms with Gasteiger partial charge in [-0.05, 0) is 30.8 Å². The topological polar surface area (TPSA) is 58.2 Å². The van der Waals surface area contributed by atoms with Gasteiger partial charge in [-0.1, -0.05) is 6.92 Å². The van der Waals surface area contributed by atoms with Crippen LogP contribution in [0.1, 0.15) is 24.6 Å². The predicted octanol–water partition coefficient (Wildman–Crippen LogP) is 1.30. The lowest BCUT2D eigenvalue weighted by Gasteiger charge is -2.06. The van der Waals surface area contributed by atoms with Gasteiger partial charge in [0.25, 0.3) is 0 Å². The van der Waals surface area contributed by atoms with Crippen molar-refractivity contribution in [1.82, 2.24) is 10.0 Å². The van der Waals surface area contributed by atoms with Crippen molar-refractivity contribution in [3.8, 4) is 0 Å². The highest BCUT2D eigenvalue weighted by Crippen LogP contribution is 2.26. The predicted molar refractivity (Wildman–Crippen MR) is 65.0 cm³/mol. The number of thiophene rings is 1. The van der Waals surface area contributed by atoms with Gasteiger partial charge in [0.2, 0.25) is 10.0 Å². The van der Waals surface area contributed by atoms with Crippen LogP contribution in [0.2, 0.25) is 0 Å². The molecule has 1 aliphatic rings. The minimum atomic E-state index is -3.29. The maximum atomic E-state index is 12.0. The van der Waals surface area contributed by atoms with Gasteiger partial charge in [-0.25, -0.2) is 13.1 Å². The zero-order valence-corrected chi connectivity index (χ0v) is 10.8. The molecule has 2 rings (SSSR count). The Morgan fingerprint density at radius 2 is 2.25 bits per heavy atom. The van der Waals surface area contributed by atoms with Crippen LogP contribution in [-0.2, 0) is 16.6 Å². The summed E-state index contributed by atoms with van der Waals surface area (Å²) in [5, 5.41) is 4.98. The van der Waals surface area contributed by atoms with Crippen LogP contribution in [0.15, 0.2) is 16.3 Å². The summed E-state index contributed by atoms with van der Waals surface area (Å²) in [4.78, 5) is 1.32. The van der Waals surface area contributed by atoms with Crippen LogP contribution >= 0.6 is 11.3 Å². The summed E-state index contributed by atoms with van der Waals surface area (Å²) in [7, 11) is -3.29. The Balaban J connectivity index is 2.14. The molecule has 0 atom stereocenters. The van der Waals surface area contributed by atoms with Crippen LogP contribution in [0.25, 0.3) is 0 Å². The quantitative estimate of drug-likeness (QED) is 0.810. The standard InChI is InChI=1S/C10H16N2O2S2/c1-2-11-7-9-10(5-6-15-9)16(13,14)12-8-3-4-8/h5-6,8,11-12H,2-4,7H2,1H3. The van der Waals surface area contributed by atoms with Crippen molar-refractivity contribution in [2.75, 3.05) is 6.54 Å². The summed E-state index contributed by atoms with van der Waals surface area (Å²) in [6.45, 7) is 3.47. The first-order chi connectivity index (χ1) is 7.63. The molecule has 0 saturated heterocycles. The average Bonchev–Trinajstić information content (AvgIpc) is 2.89. The van der Waals surface area contributed by atoms with E-state index in [2.05, 4.69) is 10.0 Å². The molecule has 16 heavy (non-hydrogen) atoms. The van der Waals surface area contributed by atoms with E-state index in [1.165, 1.54) is 11.3 Å². The zero-order chi connectivity index (χ0) is 11.6. The Hall–Kier alpha value is -0.430. The third-order valence-electron chi connectivity index (χ3n) is 2.43. The molecule has 1 saturated carbocycles. The summed E-state index contributed by atoms with van der Waals surface area (Å²) < 4.78 is 26.7. The van der Waals surface area contributed by atoms with Gasteiger partial charge in [-0.15, -0.1) is 11.3 Å². The summed E-state index contributed by atoms with van der Waals surface area (Å²) in [6.07, 6.45) is 1.93. The summed E-state index contributed by atoms with van der Waals surface area (Å²) in [5.41, 5.74) is 0. The molecule has 1 aliphatic carbocycles. The number of hydrogen-bond donors (Lipinski definition) is 2. The molecule has 2 N–H and O–H groups in total. The fraction of sp³-hybridized carbons (Fsp3) is 0.600. The van der Waals surface area contributed by atoms with Crippen molar-refractivity contribution < 1.29 is 8.42 Å². The van der Waals surface area contributed by atoms with Crippen LogP contribution < -0.4 is 10.0 Å². The van der Waals surface area contributed by atoms with Crippen LogP contribution in [-0.4, -0.2) is 21.0 Å². The molecule has 0 aliphatic heterocycles. The minimum Gasteiger partial charge on any atom is -0.312 e. The first-order valence-corrected chi connectivity index (χ1v) is 7.79. The zero-order valence-electron chi connectivity index (χ0n) is 9.19. The lowest BCUT2D eigenvalue weighted by Crippen LogP contribution is -2.26. The van der Waals surface area contributed by atoms with E-state index in [0.29, 0.717) is 11.4 Å². The van der Waals surface area contributed by atoms with Crippen molar-refractivity contribution >= 4 is 21.4 Å². The first-order valence-electron chi connectivity index (χ1n) is 5.43. The molecule has 1 fully saturated rings. The minimum absolute atomic E-state index is 0.164. The molecule has 0 bridgehead atoms. The number of hydrogen-bond acceptors (Lipinski definition) is 4. The van der Waals surface area contributed by atoms with E-state index in [4.69, 9.17) is 0 Å². The smallest absolute Gasteiger partial charge is 0.241 e. The Kier molecular flexibility index (Phi) is 3.63. The second kappa shape index (κ2) is 4.83. The lowest BCUT2D eigenvalue weighted by atomic mass is 10.4. The van der Waals surface area contributed by atoms with E-state index < -0.39 is 10.0 Å². The van der Waals surface area contributed by atoms with E-state index in [1.54, 1.807) is 6.07 Å². The fourth-order valence-electron chi connectivity index (χ4n) is 1.42. The van der Waals surface area contributed by atoms with Crippen LogP contribution in [0.4, 0.5) is 0 Å². The number of nitrogens with one attached hydrogen (secondary N) is 2. The van der Waals surface area contributed by atoms with Crippen molar-refractivity contribution in [1.29, 1.82) is 0 Å². The van der Waals surface area contributed by atoms with Crippen LogP contribution in [0.5, 0.6) is 0 Å². The Labute approximate surface area is 100 Å². The highest BCUT2D eigenvalue weighted by molar-refractivity contribution is 7.89. The van der Waals surface area contributed by atoms with Gasteiger partial charge in [-0.3, -0.25) is 0 Å². The average molecular weight is 260 g/mol. The van der Waals surface area contributed by atoms with Gasteiger partial charge < -0.3 is 5.32 Å². The monoisotopic (exact) mass is 260 g/mol. The third-order valence-corrected chi connectivity index (χ3v) is 5.08. The Morgan fingerprint density at radius 3 is 2.88 bits per heavy atom. The normalized spacial score (nSPS) is 16.6. The van der Waals surface area contributed by atoms with Gasteiger partial charge >= 0.3 is 0 Å². The molecule has 0 aromatic carbocycles. The van der Waals surface area contributed by atoms with Gasteiger partial charge in [0.1, 0.15) is 0 Å². The first kappa shape index (κ1) is 12.0. The molecule has 1 heterocycles. The van der Waals surface area contributed by atoms with Crippen molar-refractivity contribution in [3.05, 3.63) is 16.3 Å². The molecule has 1 aromatic heterocycles. The van der Waals surface area contributed by atoms with Crippen molar-refractivity contribution in [2.45, 2.75) is 37.2 Å². The molecule has 6 heteroatoms. The number of sulfonamides is 1. The van der Waals surface area contributed by atoms with Crippen molar-refractivity contribution in [2.24, 2.45) is 0 Å². The van der Waals surface area contributed by atoms with Crippen molar-refractivity contribution in [3.63, 3.8) is 0 Å². The second-order valence-corrected chi connectivity index (χ2v) is 6.57. The van der Waals surface area contributed by atoms with Crippen LogP contribution in [0.3, 0.4) is 0 Å².